The van der Waals surface area contributed by atoms with Crippen LogP contribution in [0.2, 0.25) is 18.1 Å². The Bertz CT molecular complexity index is 880. The minimum Gasteiger partial charge on any atom is -0.417 e. The van der Waals surface area contributed by atoms with Crippen molar-refractivity contribution in [1.29, 1.82) is 0 Å². The van der Waals surface area contributed by atoms with E-state index in [1.54, 1.807) is 0 Å². The molecule has 0 spiro atoms. The number of sulfonamides is 1. The second-order valence-corrected chi connectivity index (χ2v) is 16.0. The number of piperidine rings is 1. The number of nitrogens with zero attached hydrogens (tertiary/aromatic N) is 2. The maximum absolute atomic E-state index is 11.8. The Kier molecular flexibility index (Phi) is 8.25. The number of nitro groups is 1. The van der Waals surface area contributed by atoms with Crippen molar-refractivity contribution in [2.45, 2.75) is 69.1 Å². The quantitative estimate of drug-likeness (QED) is 0.244. The summed E-state index contributed by atoms with van der Waals surface area (Å²) in [5.41, 5.74) is 0.187. The van der Waals surface area contributed by atoms with Gasteiger partial charge in [0, 0.05) is 25.3 Å². The second-order valence-electron chi connectivity index (χ2n) is 9.59. The fourth-order valence-electron chi connectivity index (χ4n) is 3.47. The van der Waals surface area contributed by atoms with Gasteiger partial charge in [0.15, 0.2) is 8.32 Å². The number of benzene rings is 1. The summed E-state index contributed by atoms with van der Waals surface area (Å²) in [6, 6.07) is 4.05. The molecule has 1 saturated heterocycles. The fourth-order valence-corrected chi connectivity index (χ4v) is 5.09. The van der Waals surface area contributed by atoms with Gasteiger partial charge in [0.2, 0.25) is 10.0 Å². The highest BCUT2D eigenvalue weighted by Crippen LogP contribution is 2.37. The van der Waals surface area contributed by atoms with E-state index in [0.717, 1.165) is 38.4 Å². The Morgan fingerprint density at radius 3 is 2.42 bits per heavy atom. The molecule has 0 atom stereocenters. The van der Waals surface area contributed by atoms with E-state index in [1.807, 2.05) is 4.90 Å². The van der Waals surface area contributed by atoms with Crippen molar-refractivity contribution >= 4 is 29.7 Å². The predicted molar refractivity (Wildman–Crippen MR) is 125 cm³/mol. The first kappa shape index (κ1) is 25.7. The molecule has 0 aromatic heterocycles. The molecule has 0 saturated carbocycles. The monoisotopic (exact) mass is 472 g/mol. The van der Waals surface area contributed by atoms with Gasteiger partial charge in [-0.05, 0) is 62.6 Å². The zero-order valence-corrected chi connectivity index (χ0v) is 21.0. The highest BCUT2D eigenvalue weighted by molar-refractivity contribution is 7.89. The first-order valence-electron chi connectivity index (χ1n) is 10.7. The predicted octanol–water partition coefficient (Wildman–Crippen LogP) is 3.21. The molecule has 2 rings (SSSR count). The molecule has 1 aromatic rings. The Hall–Kier alpha value is -1.53. The molecule has 1 aliphatic rings. The second kappa shape index (κ2) is 9.95. The van der Waals surface area contributed by atoms with Crippen LogP contribution in [0.4, 0.5) is 11.4 Å². The van der Waals surface area contributed by atoms with Gasteiger partial charge in [0.1, 0.15) is 5.69 Å². The summed E-state index contributed by atoms with van der Waals surface area (Å²) in [4.78, 5) is 13.0. The van der Waals surface area contributed by atoms with E-state index in [1.165, 1.54) is 12.1 Å². The average Bonchev–Trinajstić information content (AvgIpc) is 2.66. The lowest BCUT2D eigenvalue weighted by Gasteiger charge is -2.38. The molecular weight excluding hydrogens is 436 g/mol. The molecule has 3 N–H and O–H groups in total. The van der Waals surface area contributed by atoms with E-state index in [-0.39, 0.29) is 21.7 Å². The molecule has 1 aromatic carbocycles. The maximum Gasteiger partial charge on any atom is 0.293 e. The zero-order valence-electron chi connectivity index (χ0n) is 19.2. The number of nitro benzene ring substituents is 1. The molecule has 0 amide bonds. The number of nitrogens with one attached hydrogen (secondary N) is 1. The maximum atomic E-state index is 11.8. The minimum atomic E-state index is -4.03. The molecule has 9 nitrogen and oxygen atoms in total. The summed E-state index contributed by atoms with van der Waals surface area (Å²) in [7, 11) is -5.90. The van der Waals surface area contributed by atoms with Crippen LogP contribution in [0.25, 0.3) is 0 Å². The van der Waals surface area contributed by atoms with Crippen molar-refractivity contribution in [1.82, 2.24) is 5.32 Å². The van der Waals surface area contributed by atoms with Gasteiger partial charge in [0.25, 0.3) is 5.69 Å². The highest BCUT2D eigenvalue weighted by atomic mass is 32.2. The van der Waals surface area contributed by atoms with Crippen LogP contribution in [-0.4, -0.2) is 53.9 Å². The average molecular weight is 473 g/mol. The van der Waals surface area contributed by atoms with Gasteiger partial charge in [-0.2, -0.15) is 0 Å². The topological polar surface area (TPSA) is 128 Å². The van der Waals surface area contributed by atoms with Gasteiger partial charge in [-0.25, -0.2) is 13.6 Å². The van der Waals surface area contributed by atoms with Crippen molar-refractivity contribution < 1.29 is 17.8 Å². The Balaban J connectivity index is 2.27. The van der Waals surface area contributed by atoms with E-state index < -0.39 is 23.3 Å². The van der Waals surface area contributed by atoms with Crippen LogP contribution in [0.5, 0.6) is 0 Å². The van der Waals surface area contributed by atoms with Crippen molar-refractivity contribution in [3.8, 4) is 0 Å². The Morgan fingerprint density at radius 2 is 1.90 bits per heavy atom. The number of rotatable bonds is 9. The smallest absolute Gasteiger partial charge is 0.293 e. The number of primary sulfonamides is 1. The summed E-state index contributed by atoms with van der Waals surface area (Å²) in [6.45, 7) is 13.8. The molecule has 11 heteroatoms. The first-order valence-corrected chi connectivity index (χ1v) is 15.1. The summed E-state index contributed by atoms with van der Waals surface area (Å²) in [5.74, 6) is 0. The van der Waals surface area contributed by atoms with Crippen LogP contribution in [0.3, 0.4) is 0 Å². The molecular formula is C20H36N4O5SSi. The van der Waals surface area contributed by atoms with E-state index in [0.29, 0.717) is 18.8 Å². The SMILES string of the molecule is CC(C)(C)[Si](C)(C)OCCCN(c1ccc(S(N)(=O)=O)cc1[N+](=O)[O-])C1CCNCC1. The Morgan fingerprint density at radius 1 is 1.29 bits per heavy atom. The normalized spacial score (nSPS) is 16.3. The molecule has 0 bridgehead atoms. The number of nitrogens with two attached hydrogens (primary N) is 1. The third-order valence-corrected chi connectivity index (χ3v) is 11.8. The van der Waals surface area contributed by atoms with E-state index in [2.05, 4.69) is 39.2 Å². The lowest BCUT2D eigenvalue weighted by molar-refractivity contribution is -0.384. The van der Waals surface area contributed by atoms with Gasteiger partial charge in [0.05, 0.1) is 9.82 Å². The Labute approximate surface area is 186 Å². The van der Waals surface area contributed by atoms with E-state index in [9.17, 15) is 18.5 Å². The lowest BCUT2D eigenvalue weighted by Crippen LogP contribution is -2.45. The summed E-state index contributed by atoms with van der Waals surface area (Å²) < 4.78 is 29.7. The van der Waals surface area contributed by atoms with Crippen LogP contribution < -0.4 is 15.4 Å². The zero-order chi connectivity index (χ0) is 23.4. The standard InChI is InChI=1S/C20H36N4O5SSi/c1-20(2,3)31(4,5)29-14-6-13-23(16-9-11-22-12-10-16)18-8-7-17(30(21,27)28)15-19(18)24(25)26/h7-8,15-16,22H,6,9-14H2,1-5H3,(H2,21,27,28). The van der Waals surface area contributed by atoms with Crippen LogP contribution >= 0.6 is 0 Å². The third kappa shape index (κ3) is 6.72. The van der Waals surface area contributed by atoms with Crippen LogP contribution in [-0.2, 0) is 14.4 Å². The summed E-state index contributed by atoms with van der Waals surface area (Å²) >= 11 is 0. The molecule has 31 heavy (non-hydrogen) atoms. The first-order chi connectivity index (χ1) is 14.2. The van der Waals surface area contributed by atoms with E-state index >= 15 is 0 Å². The van der Waals surface area contributed by atoms with E-state index in [4.69, 9.17) is 9.56 Å². The van der Waals surface area contributed by atoms with Crippen LogP contribution in [0, 0.1) is 10.1 Å². The summed E-state index contributed by atoms with van der Waals surface area (Å²) in [6.07, 6.45) is 2.44. The third-order valence-electron chi connectivity index (χ3n) is 6.34. The van der Waals surface area contributed by atoms with Crippen molar-refractivity contribution in [3.05, 3.63) is 28.3 Å². The highest BCUT2D eigenvalue weighted by Gasteiger charge is 2.37. The molecule has 1 aliphatic heterocycles. The number of anilines is 1. The van der Waals surface area contributed by atoms with Gasteiger partial charge in [-0.1, -0.05) is 20.8 Å². The minimum absolute atomic E-state index is 0.115. The number of hydrogen-bond donors (Lipinski definition) is 2. The molecule has 0 radical (unpaired) electrons. The molecule has 1 fully saturated rings. The number of hydrogen-bond acceptors (Lipinski definition) is 7. The lowest BCUT2D eigenvalue weighted by atomic mass is 10.0. The van der Waals surface area contributed by atoms with Crippen LogP contribution in [0.1, 0.15) is 40.0 Å². The van der Waals surface area contributed by atoms with Gasteiger partial charge < -0.3 is 14.6 Å². The molecule has 0 aliphatic carbocycles. The van der Waals surface area contributed by atoms with Gasteiger partial charge in [-0.3, -0.25) is 10.1 Å². The molecule has 176 valence electrons. The van der Waals surface area contributed by atoms with Crippen molar-refractivity contribution in [2.24, 2.45) is 5.14 Å². The largest absolute Gasteiger partial charge is 0.417 e. The van der Waals surface area contributed by atoms with Gasteiger partial charge in [-0.15, -0.1) is 0 Å². The molecule has 1 heterocycles. The van der Waals surface area contributed by atoms with Crippen molar-refractivity contribution in [2.75, 3.05) is 31.1 Å². The summed E-state index contributed by atoms with van der Waals surface area (Å²) in [5, 5.41) is 20.4. The fraction of sp³-hybridized carbons (Fsp3) is 0.700. The molecule has 0 unspecified atom stereocenters. The van der Waals surface area contributed by atoms with Crippen LogP contribution in [0.15, 0.2) is 23.1 Å². The van der Waals surface area contributed by atoms with Gasteiger partial charge >= 0.3 is 0 Å². The van der Waals surface area contributed by atoms with Crippen molar-refractivity contribution in [3.63, 3.8) is 0 Å².